The predicted molar refractivity (Wildman–Crippen MR) is 77.6 cm³/mol. The van der Waals surface area contributed by atoms with E-state index in [1.54, 1.807) is 0 Å². The van der Waals surface area contributed by atoms with E-state index in [1.165, 1.54) is 12.1 Å². The molecule has 1 aromatic rings. The molecule has 1 atom stereocenters. The van der Waals surface area contributed by atoms with E-state index in [9.17, 15) is 8.78 Å². The van der Waals surface area contributed by atoms with Crippen molar-refractivity contribution in [1.29, 1.82) is 0 Å². The lowest BCUT2D eigenvalue weighted by Gasteiger charge is -2.38. The van der Waals surface area contributed by atoms with Crippen LogP contribution in [0.15, 0.2) is 18.2 Å². The van der Waals surface area contributed by atoms with Crippen molar-refractivity contribution < 1.29 is 13.5 Å². The summed E-state index contributed by atoms with van der Waals surface area (Å²) in [6, 6.07) is 3.78. The van der Waals surface area contributed by atoms with Gasteiger partial charge >= 0.3 is 0 Å². The van der Waals surface area contributed by atoms with Crippen LogP contribution in [0.4, 0.5) is 14.5 Å². The summed E-state index contributed by atoms with van der Waals surface area (Å²) >= 11 is 0. The van der Waals surface area contributed by atoms with Gasteiger partial charge in [-0.05, 0) is 12.1 Å². The highest BCUT2D eigenvalue weighted by atomic mass is 19.1. The number of hydrogen-bond acceptors (Lipinski definition) is 4. The van der Waals surface area contributed by atoms with Gasteiger partial charge in [0.05, 0.1) is 18.4 Å². The Kier molecular flexibility index (Phi) is 4.67. The van der Waals surface area contributed by atoms with E-state index >= 15 is 0 Å². The van der Waals surface area contributed by atoms with Crippen LogP contribution in [0.2, 0.25) is 0 Å². The van der Waals surface area contributed by atoms with Gasteiger partial charge in [0, 0.05) is 51.9 Å². The Balaban J connectivity index is 1.52. The van der Waals surface area contributed by atoms with E-state index in [0.29, 0.717) is 5.69 Å². The van der Waals surface area contributed by atoms with Crippen molar-refractivity contribution in [1.82, 2.24) is 10.2 Å². The lowest BCUT2D eigenvalue weighted by molar-refractivity contribution is 0.00463. The number of anilines is 1. The molecule has 0 unspecified atom stereocenters. The van der Waals surface area contributed by atoms with Gasteiger partial charge in [0.1, 0.15) is 11.6 Å². The summed E-state index contributed by atoms with van der Waals surface area (Å²) in [5.41, 5.74) is 0.492. The largest absolute Gasteiger partial charge is 0.374 e. The summed E-state index contributed by atoms with van der Waals surface area (Å²) in [7, 11) is 0. The topological polar surface area (TPSA) is 27.7 Å². The van der Waals surface area contributed by atoms with Gasteiger partial charge in [0.15, 0.2) is 0 Å². The normalized spacial score (nSPS) is 24.3. The maximum atomic E-state index is 13.8. The second kappa shape index (κ2) is 6.68. The third kappa shape index (κ3) is 3.70. The molecule has 0 saturated carbocycles. The number of halogens is 2. The summed E-state index contributed by atoms with van der Waals surface area (Å²) < 4.78 is 32.4. The number of ether oxygens (including phenoxy) is 1. The third-order valence-corrected chi connectivity index (χ3v) is 4.09. The zero-order valence-electron chi connectivity index (χ0n) is 12.0. The smallest absolute Gasteiger partial charge is 0.149 e. The fourth-order valence-electron chi connectivity index (χ4n) is 2.93. The lowest BCUT2D eigenvalue weighted by atomic mass is 10.2. The number of piperazine rings is 1. The summed E-state index contributed by atoms with van der Waals surface area (Å²) in [5.74, 6) is -1.01. The Morgan fingerprint density at radius 3 is 2.67 bits per heavy atom. The van der Waals surface area contributed by atoms with Crippen LogP contribution in [0.1, 0.15) is 0 Å². The highest BCUT2D eigenvalue weighted by Gasteiger charge is 2.23. The molecule has 6 heteroatoms. The fourth-order valence-corrected chi connectivity index (χ4v) is 2.93. The van der Waals surface area contributed by atoms with Crippen molar-refractivity contribution in [3.63, 3.8) is 0 Å². The molecule has 0 amide bonds. The number of benzene rings is 1. The summed E-state index contributed by atoms with van der Waals surface area (Å²) in [5, 5.41) is 3.32. The van der Waals surface area contributed by atoms with Crippen LogP contribution >= 0.6 is 0 Å². The minimum Gasteiger partial charge on any atom is -0.374 e. The van der Waals surface area contributed by atoms with E-state index in [0.717, 1.165) is 58.5 Å². The van der Waals surface area contributed by atoms with Crippen LogP contribution in [0.5, 0.6) is 0 Å². The zero-order chi connectivity index (χ0) is 14.7. The number of nitrogens with zero attached hydrogens (tertiary/aromatic N) is 2. The van der Waals surface area contributed by atoms with E-state index < -0.39 is 11.6 Å². The Labute approximate surface area is 123 Å². The van der Waals surface area contributed by atoms with Gasteiger partial charge in [-0.3, -0.25) is 4.90 Å². The first kappa shape index (κ1) is 14.7. The summed E-state index contributed by atoms with van der Waals surface area (Å²) in [6.45, 7) is 6.75. The fraction of sp³-hybridized carbons (Fsp3) is 0.600. The quantitative estimate of drug-likeness (QED) is 0.903. The van der Waals surface area contributed by atoms with Gasteiger partial charge in [-0.2, -0.15) is 0 Å². The number of hydrogen-bond donors (Lipinski definition) is 1. The molecule has 116 valence electrons. The van der Waals surface area contributed by atoms with Gasteiger partial charge in [-0.15, -0.1) is 0 Å². The molecule has 1 N–H and O–H groups in total. The monoisotopic (exact) mass is 297 g/mol. The van der Waals surface area contributed by atoms with Crippen molar-refractivity contribution in [2.24, 2.45) is 0 Å². The summed E-state index contributed by atoms with van der Waals surface area (Å²) in [4.78, 5) is 4.32. The van der Waals surface area contributed by atoms with Gasteiger partial charge in [0.25, 0.3) is 0 Å². The Morgan fingerprint density at radius 1 is 1.19 bits per heavy atom. The molecule has 4 nitrogen and oxygen atoms in total. The van der Waals surface area contributed by atoms with E-state index in [4.69, 9.17) is 4.74 Å². The first-order chi connectivity index (χ1) is 10.2. The molecule has 0 aromatic heterocycles. The zero-order valence-corrected chi connectivity index (χ0v) is 12.0. The minimum absolute atomic E-state index is 0.243. The molecule has 1 aromatic carbocycles. The van der Waals surface area contributed by atoms with Crippen LogP contribution in [0.3, 0.4) is 0 Å². The molecular formula is C15H21F2N3O. The van der Waals surface area contributed by atoms with Gasteiger partial charge in [-0.1, -0.05) is 0 Å². The average molecular weight is 297 g/mol. The van der Waals surface area contributed by atoms with Crippen molar-refractivity contribution in [3.8, 4) is 0 Å². The number of nitrogens with one attached hydrogen (secondary N) is 1. The maximum absolute atomic E-state index is 13.8. The van der Waals surface area contributed by atoms with Crippen molar-refractivity contribution in [2.45, 2.75) is 6.10 Å². The molecule has 0 aliphatic carbocycles. The van der Waals surface area contributed by atoms with E-state index in [2.05, 4.69) is 10.2 Å². The van der Waals surface area contributed by atoms with Crippen LogP contribution in [-0.4, -0.2) is 63.4 Å². The molecule has 2 aliphatic heterocycles. The van der Waals surface area contributed by atoms with Crippen LogP contribution < -0.4 is 10.2 Å². The highest BCUT2D eigenvalue weighted by Crippen LogP contribution is 2.21. The summed E-state index contributed by atoms with van der Waals surface area (Å²) in [6.07, 6.45) is 0.243. The molecule has 3 rings (SSSR count). The second-order valence-electron chi connectivity index (χ2n) is 5.58. The lowest BCUT2D eigenvalue weighted by Crippen LogP contribution is -2.52. The first-order valence-corrected chi connectivity index (χ1v) is 7.47. The molecule has 2 fully saturated rings. The molecule has 2 saturated heterocycles. The van der Waals surface area contributed by atoms with Crippen molar-refractivity contribution in [3.05, 3.63) is 29.8 Å². The second-order valence-corrected chi connectivity index (χ2v) is 5.58. The van der Waals surface area contributed by atoms with Crippen molar-refractivity contribution >= 4 is 5.69 Å². The van der Waals surface area contributed by atoms with E-state index in [1.807, 2.05) is 4.90 Å². The molecule has 0 spiro atoms. The molecule has 2 aliphatic rings. The van der Waals surface area contributed by atoms with Crippen molar-refractivity contribution in [2.75, 3.05) is 57.3 Å². The first-order valence-electron chi connectivity index (χ1n) is 7.47. The molecular weight excluding hydrogens is 276 g/mol. The van der Waals surface area contributed by atoms with Crippen LogP contribution in [0.25, 0.3) is 0 Å². The highest BCUT2D eigenvalue weighted by molar-refractivity contribution is 5.48. The molecule has 0 radical (unpaired) electrons. The number of morpholine rings is 1. The van der Waals surface area contributed by atoms with Gasteiger partial charge in [-0.25, -0.2) is 8.78 Å². The Hall–Kier alpha value is -1.24. The van der Waals surface area contributed by atoms with Crippen LogP contribution in [-0.2, 0) is 4.74 Å². The Bertz CT molecular complexity index is 472. The third-order valence-electron chi connectivity index (χ3n) is 4.09. The van der Waals surface area contributed by atoms with Gasteiger partial charge in [0.2, 0.25) is 0 Å². The van der Waals surface area contributed by atoms with E-state index in [-0.39, 0.29) is 6.10 Å². The maximum Gasteiger partial charge on any atom is 0.149 e. The minimum atomic E-state index is -0.531. The van der Waals surface area contributed by atoms with Gasteiger partial charge < -0.3 is 15.0 Å². The molecule has 21 heavy (non-hydrogen) atoms. The Morgan fingerprint density at radius 2 is 2.00 bits per heavy atom. The van der Waals surface area contributed by atoms with Crippen LogP contribution in [0, 0.1) is 11.6 Å². The SMILES string of the molecule is Fc1ccc(N2CCN(C[C@H]3CNCCO3)CC2)c(F)c1. The standard InChI is InChI=1S/C15H21F2N3O/c16-12-1-2-15(14(17)9-12)20-6-4-19(5-7-20)11-13-10-18-3-8-21-13/h1-2,9,13,18H,3-8,10-11H2/t13-/m1/s1. The molecule has 2 heterocycles. The predicted octanol–water partition coefficient (Wildman–Crippen LogP) is 1.08. The average Bonchev–Trinajstić information content (AvgIpc) is 2.49. The molecule has 0 bridgehead atoms. The number of rotatable bonds is 3.